The molecule has 24 heavy (non-hydrogen) atoms. The third-order valence-corrected chi connectivity index (χ3v) is 3.86. The Hall–Kier alpha value is -2.40. The number of nitrogens with zero attached hydrogens (tertiary/aromatic N) is 1. The maximum Gasteiger partial charge on any atom is 0.220 e. The Bertz CT molecular complexity index is 658. The fourth-order valence-corrected chi connectivity index (χ4v) is 2.47. The molecule has 0 radical (unpaired) electrons. The van der Waals surface area contributed by atoms with Gasteiger partial charge in [0.25, 0.3) is 0 Å². The predicted molar refractivity (Wildman–Crippen MR) is 94.9 cm³/mol. The van der Waals surface area contributed by atoms with Gasteiger partial charge in [0.2, 0.25) is 5.91 Å². The van der Waals surface area contributed by atoms with Crippen LogP contribution >= 0.6 is 0 Å². The fraction of sp³-hybridized carbons (Fsp3) is 0.316. The number of carbonyl (C=O) groups excluding carboxylic acids is 1. The van der Waals surface area contributed by atoms with E-state index in [9.17, 15) is 9.18 Å². The largest absolute Gasteiger partial charge is 0.399 e. The molecule has 2 aromatic rings. The molecular weight excluding hydrogens is 305 g/mol. The monoisotopic (exact) mass is 329 g/mol. The lowest BCUT2D eigenvalue weighted by molar-refractivity contribution is -0.121. The summed E-state index contributed by atoms with van der Waals surface area (Å²) >= 11 is 0. The van der Waals surface area contributed by atoms with Gasteiger partial charge in [0.15, 0.2) is 0 Å². The van der Waals surface area contributed by atoms with Crippen molar-refractivity contribution < 1.29 is 9.18 Å². The van der Waals surface area contributed by atoms with Crippen LogP contribution in [0.25, 0.3) is 0 Å². The molecule has 0 aromatic heterocycles. The highest BCUT2D eigenvalue weighted by Crippen LogP contribution is 2.12. The Morgan fingerprint density at radius 1 is 1.17 bits per heavy atom. The Morgan fingerprint density at radius 3 is 2.58 bits per heavy atom. The molecule has 1 amide bonds. The average Bonchev–Trinajstić information content (AvgIpc) is 2.56. The van der Waals surface area contributed by atoms with E-state index in [1.165, 1.54) is 12.1 Å². The first kappa shape index (κ1) is 17.9. The zero-order valence-corrected chi connectivity index (χ0v) is 14.0. The standard InChI is InChI=1S/C19H24FN3O/c1-23(14-15-6-9-17(20)10-7-15)13-12-22-19(24)11-8-16-4-2-3-5-18(16)21/h2-7,9-10H,8,11-14,21H2,1H3,(H,22,24). The molecule has 2 aromatic carbocycles. The van der Waals surface area contributed by atoms with Gasteiger partial charge in [0, 0.05) is 31.7 Å². The number of nitrogens with two attached hydrogens (primary N) is 1. The van der Waals surface area contributed by atoms with E-state index in [4.69, 9.17) is 5.73 Å². The first-order chi connectivity index (χ1) is 11.5. The van der Waals surface area contributed by atoms with E-state index in [0.29, 0.717) is 19.4 Å². The molecule has 0 bridgehead atoms. The number of rotatable bonds is 8. The van der Waals surface area contributed by atoms with Crippen molar-refractivity contribution in [2.24, 2.45) is 0 Å². The number of carbonyl (C=O) groups is 1. The van der Waals surface area contributed by atoms with Crippen molar-refractivity contribution in [3.05, 3.63) is 65.5 Å². The van der Waals surface area contributed by atoms with Gasteiger partial charge in [-0.25, -0.2) is 4.39 Å². The van der Waals surface area contributed by atoms with Crippen molar-refractivity contribution in [1.82, 2.24) is 10.2 Å². The number of aryl methyl sites for hydroxylation is 1. The molecule has 0 aliphatic carbocycles. The molecule has 0 unspecified atom stereocenters. The van der Waals surface area contributed by atoms with Crippen molar-refractivity contribution in [2.45, 2.75) is 19.4 Å². The van der Waals surface area contributed by atoms with Crippen molar-refractivity contribution >= 4 is 11.6 Å². The summed E-state index contributed by atoms with van der Waals surface area (Å²) in [6.07, 6.45) is 1.07. The van der Waals surface area contributed by atoms with Crippen LogP contribution in [-0.2, 0) is 17.8 Å². The lowest BCUT2D eigenvalue weighted by atomic mass is 10.1. The maximum atomic E-state index is 12.9. The number of amides is 1. The number of anilines is 1. The molecular formula is C19H24FN3O. The van der Waals surface area contributed by atoms with Gasteiger partial charge >= 0.3 is 0 Å². The summed E-state index contributed by atoms with van der Waals surface area (Å²) in [7, 11) is 1.97. The number of hydrogen-bond donors (Lipinski definition) is 2. The molecule has 0 aliphatic heterocycles. The van der Waals surface area contributed by atoms with Crippen molar-refractivity contribution in [1.29, 1.82) is 0 Å². The van der Waals surface area contributed by atoms with Crippen LogP contribution in [-0.4, -0.2) is 30.9 Å². The molecule has 3 N–H and O–H groups in total. The molecule has 0 fully saturated rings. The second kappa shape index (κ2) is 9.03. The van der Waals surface area contributed by atoms with Gasteiger partial charge < -0.3 is 16.0 Å². The van der Waals surface area contributed by atoms with E-state index >= 15 is 0 Å². The zero-order chi connectivity index (χ0) is 17.4. The van der Waals surface area contributed by atoms with Crippen molar-refractivity contribution in [3.63, 3.8) is 0 Å². The molecule has 0 spiro atoms. The first-order valence-corrected chi connectivity index (χ1v) is 8.07. The van der Waals surface area contributed by atoms with Crippen LogP contribution < -0.4 is 11.1 Å². The molecule has 0 heterocycles. The number of para-hydroxylation sites is 1. The van der Waals surface area contributed by atoms with Gasteiger partial charge in [0.05, 0.1) is 0 Å². The third kappa shape index (κ3) is 6.01. The quantitative estimate of drug-likeness (QED) is 0.732. The van der Waals surface area contributed by atoms with E-state index in [1.54, 1.807) is 12.1 Å². The number of nitrogens with one attached hydrogen (secondary N) is 1. The smallest absolute Gasteiger partial charge is 0.220 e. The van der Waals surface area contributed by atoms with Crippen LogP contribution in [0.3, 0.4) is 0 Å². The van der Waals surface area contributed by atoms with Crippen LogP contribution in [0.5, 0.6) is 0 Å². The maximum absolute atomic E-state index is 12.9. The minimum Gasteiger partial charge on any atom is -0.399 e. The number of benzene rings is 2. The topological polar surface area (TPSA) is 58.4 Å². The summed E-state index contributed by atoms with van der Waals surface area (Å²) < 4.78 is 12.9. The van der Waals surface area contributed by atoms with Crippen LogP contribution in [0.15, 0.2) is 48.5 Å². The number of hydrogen-bond acceptors (Lipinski definition) is 3. The van der Waals surface area contributed by atoms with Crippen molar-refractivity contribution in [2.75, 3.05) is 25.9 Å². The van der Waals surface area contributed by atoms with E-state index in [0.717, 1.165) is 29.9 Å². The second-order valence-electron chi connectivity index (χ2n) is 5.91. The lowest BCUT2D eigenvalue weighted by Crippen LogP contribution is -2.32. The van der Waals surface area contributed by atoms with Crippen LogP contribution in [0.4, 0.5) is 10.1 Å². The van der Waals surface area contributed by atoms with Gasteiger partial charge in [-0.05, 0) is 42.8 Å². The molecule has 0 aliphatic rings. The molecule has 0 saturated heterocycles. The normalized spacial score (nSPS) is 10.8. The molecule has 0 atom stereocenters. The third-order valence-electron chi connectivity index (χ3n) is 3.86. The predicted octanol–water partition coefficient (Wildman–Crippen LogP) is 2.59. The van der Waals surface area contributed by atoms with Crippen LogP contribution in [0, 0.1) is 5.82 Å². The SMILES string of the molecule is CN(CCNC(=O)CCc1ccccc1N)Cc1ccc(F)cc1. The van der Waals surface area contributed by atoms with E-state index in [2.05, 4.69) is 10.2 Å². The summed E-state index contributed by atoms with van der Waals surface area (Å²) in [5, 5.41) is 2.92. The number of nitrogen functional groups attached to an aromatic ring is 1. The summed E-state index contributed by atoms with van der Waals surface area (Å²) in [4.78, 5) is 14.0. The number of halogens is 1. The lowest BCUT2D eigenvalue weighted by Gasteiger charge is -2.17. The molecule has 128 valence electrons. The van der Waals surface area contributed by atoms with Gasteiger partial charge in [-0.1, -0.05) is 30.3 Å². The molecule has 4 nitrogen and oxygen atoms in total. The highest BCUT2D eigenvalue weighted by atomic mass is 19.1. The summed E-state index contributed by atoms with van der Waals surface area (Å²) in [5.74, 6) is -0.207. The van der Waals surface area contributed by atoms with Gasteiger partial charge in [-0.2, -0.15) is 0 Å². The summed E-state index contributed by atoms with van der Waals surface area (Å²) in [6, 6.07) is 14.1. The Morgan fingerprint density at radius 2 is 1.88 bits per heavy atom. The highest BCUT2D eigenvalue weighted by Gasteiger charge is 2.05. The summed E-state index contributed by atoms with van der Waals surface area (Å²) in [6.45, 7) is 2.04. The highest BCUT2D eigenvalue weighted by molar-refractivity contribution is 5.76. The van der Waals surface area contributed by atoms with Gasteiger partial charge in [-0.15, -0.1) is 0 Å². The zero-order valence-electron chi connectivity index (χ0n) is 14.0. The first-order valence-electron chi connectivity index (χ1n) is 8.07. The minimum atomic E-state index is -0.229. The summed E-state index contributed by atoms with van der Waals surface area (Å²) in [5.41, 5.74) is 8.64. The Labute approximate surface area is 142 Å². The van der Waals surface area contributed by atoms with Gasteiger partial charge in [0.1, 0.15) is 5.82 Å². The van der Waals surface area contributed by atoms with Crippen LogP contribution in [0.1, 0.15) is 17.5 Å². The van der Waals surface area contributed by atoms with Crippen LogP contribution in [0.2, 0.25) is 0 Å². The van der Waals surface area contributed by atoms with E-state index in [-0.39, 0.29) is 11.7 Å². The van der Waals surface area contributed by atoms with Gasteiger partial charge in [-0.3, -0.25) is 4.79 Å². The average molecular weight is 329 g/mol. The second-order valence-corrected chi connectivity index (χ2v) is 5.91. The molecule has 0 saturated carbocycles. The Kier molecular flexibility index (Phi) is 6.75. The van der Waals surface area contributed by atoms with Crippen molar-refractivity contribution in [3.8, 4) is 0 Å². The molecule has 2 rings (SSSR count). The van der Waals surface area contributed by atoms with E-state index < -0.39 is 0 Å². The Balaban J connectivity index is 1.65. The fourth-order valence-electron chi connectivity index (χ4n) is 2.47. The van der Waals surface area contributed by atoms with E-state index in [1.807, 2.05) is 31.3 Å². The molecule has 5 heteroatoms. The minimum absolute atomic E-state index is 0.0217. The number of likely N-dealkylation sites (N-methyl/N-ethyl adjacent to an activating group) is 1.